The van der Waals surface area contributed by atoms with Crippen LogP contribution in [-0.2, 0) is 17.7 Å². The standard InChI is InChI=1S/C11H21N3O2/c1-4-14-10(11(16-3)9-13-14)5-6-12-7-8-15-2/h9,12H,4-8H2,1-3H3. The monoisotopic (exact) mass is 227 g/mol. The van der Waals surface area contributed by atoms with Crippen molar-refractivity contribution in [1.82, 2.24) is 15.1 Å². The number of hydrogen-bond donors (Lipinski definition) is 1. The van der Waals surface area contributed by atoms with Crippen LogP contribution in [0.4, 0.5) is 0 Å². The van der Waals surface area contributed by atoms with E-state index in [9.17, 15) is 0 Å². The second-order valence-corrected chi connectivity index (χ2v) is 3.47. The van der Waals surface area contributed by atoms with Crippen molar-refractivity contribution in [1.29, 1.82) is 0 Å². The number of methoxy groups -OCH3 is 2. The van der Waals surface area contributed by atoms with Crippen LogP contribution in [0, 0.1) is 0 Å². The summed E-state index contributed by atoms with van der Waals surface area (Å²) in [5.41, 5.74) is 1.15. The molecule has 0 bridgehead atoms. The van der Waals surface area contributed by atoms with Crippen LogP contribution in [0.2, 0.25) is 0 Å². The van der Waals surface area contributed by atoms with Gasteiger partial charge < -0.3 is 14.8 Å². The molecule has 0 aliphatic carbocycles. The van der Waals surface area contributed by atoms with Crippen LogP contribution in [0.15, 0.2) is 6.20 Å². The van der Waals surface area contributed by atoms with Crippen molar-refractivity contribution >= 4 is 0 Å². The minimum Gasteiger partial charge on any atom is -0.493 e. The molecule has 5 heteroatoms. The number of nitrogens with one attached hydrogen (secondary N) is 1. The Morgan fingerprint density at radius 3 is 2.81 bits per heavy atom. The van der Waals surface area contributed by atoms with Crippen LogP contribution in [0.3, 0.4) is 0 Å². The SMILES string of the molecule is CCn1ncc(OC)c1CCNCCOC. The predicted molar refractivity (Wildman–Crippen MR) is 62.9 cm³/mol. The fourth-order valence-corrected chi connectivity index (χ4v) is 1.59. The Kier molecular flexibility index (Phi) is 5.88. The van der Waals surface area contributed by atoms with E-state index in [1.807, 2.05) is 4.68 Å². The van der Waals surface area contributed by atoms with Gasteiger partial charge in [-0.25, -0.2) is 0 Å². The summed E-state index contributed by atoms with van der Waals surface area (Å²) in [5.74, 6) is 0.871. The molecule has 1 aromatic heterocycles. The molecule has 0 aliphatic rings. The topological polar surface area (TPSA) is 48.3 Å². The molecule has 5 nitrogen and oxygen atoms in total. The number of ether oxygens (including phenoxy) is 2. The van der Waals surface area contributed by atoms with E-state index < -0.39 is 0 Å². The van der Waals surface area contributed by atoms with Gasteiger partial charge >= 0.3 is 0 Å². The Morgan fingerprint density at radius 2 is 2.19 bits per heavy atom. The quantitative estimate of drug-likeness (QED) is 0.664. The largest absolute Gasteiger partial charge is 0.493 e. The Balaban J connectivity index is 2.41. The molecule has 0 fully saturated rings. The molecule has 16 heavy (non-hydrogen) atoms. The molecule has 1 N–H and O–H groups in total. The molecule has 0 aliphatic heterocycles. The van der Waals surface area contributed by atoms with Crippen LogP contribution >= 0.6 is 0 Å². The molecule has 1 heterocycles. The van der Waals surface area contributed by atoms with Gasteiger partial charge in [-0.1, -0.05) is 0 Å². The van der Waals surface area contributed by atoms with Gasteiger partial charge in [0, 0.05) is 33.2 Å². The van der Waals surface area contributed by atoms with E-state index in [2.05, 4.69) is 17.3 Å². The number of hydrogen-bond acceptors (Lipinski definition) is 4. The van der Waals surface area contributed by atoms with Gasteiger partial charge in [-0.15, -0.1) is 0 Å². The maximum absolute atomic E-state index is 5.27. The van der Waals surface area contributed by atoms with E-state index in [-0.39, 0.29) is 0 Å². The highest BCUT2D eigenvalue weighted by molar-refractivity contribution is 5.25. The van der Waals surface area contributed by atoms with E-state index in [4.69, 9.17) is 9.47 Å². The zero-order valence-corrected chi connectivity index (χ0v) is 10.3. The van der Waals surface area contributed by atoms with Crippen molar-refractivity contribution in [2.45, 2.75) is 19.9 Å². The Hall–Kier alpha value is -1.07. The van der Waals surface area contributed by atoms with Gasteiger partial charge in [0.15, 0.2) is 5.75 Å². The lowest BCUT2D eigenvalue weighted by molar-refractivity contribution is 0.199. The number of aromatic nitrogens is 2. The summed E-state index contributed by atoms with van der Waals surface area (Å²) in [6.45, 7) is 5.47. The van der Waals surface area contributed by atoms with Crippen molar-refractivity contribution in [2.75, 3.05) is 33.9 Å². The summed E-state index contributed by atoms with van der Waals surface area (Å²) in [7, 11) is 3.38. The molecule has 0 radical (unpaired) electrons. The van der Waals surface area contributed by atoms with Gasteiger partial charge in [0.1, 0.15) is 0 Å². The third-order valence-electron chi connectivity index (χ3n) is 2.45. The second kappa shape index (κ2) is 7.24. The molecule has 0 amide bonds. The zero-order valence-electron chi connectivity index (χ0n) is 10.3. The Labute approximate surface area is 96.7 Å². The highest BCUT2D eigenvalue weighted by Gasteiger charge is 2.09. The van der Waals surface area contributed by atoms with E-state index >= 15 is 0 Å². The third kappa shape index (κ3) is 3.50. The first-order chi connectivity index (χ1) is 7.83. The first kappa shape index (κ1) is 13.0. The first-order valence-electron chi connectivity index (χ1n) is 5.61. The average Bonchev–Trinajstić information content (AvgIpc) is 2.71. The second-order valence-electron chi connectivity index (χ2n) is 3.47. The third-order valence-corrected chi connectivity index (χ3v) is 2.45. The molecule has 0 saturated carbocycles. The normalized spacial score (nSPS) is 10.7. The average molecular weight is 227 g/mol. The molecule has 0 aromatic carbocycles. The summed E-state index contributed by atoms with van der Waals surface area (Å²) in [6.07, 6.45) is 2.69. The van der Waals surface area contributed by atoms with Gasteiger partial charge in [-0.05, 0) is 6.92 Å². The molecule has 92 valence electrons. The van der Waals surface area contributed by atoms with Crippen LogP contribution in [0.1, 0.15) is 12.6 Å². The van der Waals surface area contributed by atoms with Crippen LogP contribution in [0.5, 0.6) is 5.75 Å². The Morgan fingerprint density at radius 1 is 1.38 bits per heavy atom. The molecule has 0 spiro atoms. The van der Waals surface area contributed by atoms with E-state index in [0.29, 0.717) is 0 Å². The summed E-state index contributed by atoms with van der Waals surface area (Å²) >= 11 is 0. The molecular weight excluding hydrogens is 206 g/mol. The van der Waals surface area contributed by atoms with E-state index in [1.54, 1.807) is 20.4 Å². The van der Waals surface area contributed by atoms with Crippen LogP contribution in [-0.4, -0.2) is 43.7 Å². The summed E-state index contributed by atoms with van der Waals surface area (Å²) < 4.78 is 12.2. The van der Waals surface area contributed by atoms with Crippen molar-refractivity contribution in [3.05, 3.63) is 11.9 Å². The fourth-order valence-electron chi connectivity index (χ4n) is 1.59. The van der Waals surface area contributed by atoms with E-state index in [1.165, 1.54) is 0 Å². The minimum atomic E-state index is 0.740. The summed E-state index contributed by atoms with van der Waals surface area (Å²) in [6, 6.07) is 0. The highest BCUT2D eigenvalue weighted by Crippen LogP contribution is 2.17. The van der Waals surface area contributed by atoms with Gasteiger partial charge in [-0.2, -0.15) is 5.10 Å². The fraction of sp³-hybridized carbons (Fsp3) is 0.727. The molecule has 0 atom stereocenters. The lowest BCUT2D eigenvalue weighted by Gasteiger charge is -2.08. The van der Waals surface area contributed by atoms with Crippen molar-refractivity contribution < 1.29 is 9.47 Å². The van der Waals surface area contributed by atoms with Gasteiger partial charge in [-0.3, -0.25) is 4.68 Å². The van der Waals surface area contributed by atoms with Crippen molar-refractivity contribution in [3.63, 3.8) is 0 Å². The summed E-state index contributed by atoms with van der Waals surface area (Å²) in [4.78, 5) is 0. The lowest BCUT2D eigenvalue weighted by atomic mass is 10.3. The molecule has 1 aromatic rings. The maximum atomic E-state index is 5.27. The predicted octanol–water partition coefficient (Wildman–Crippen LogP) is 0.690. The van der Waals surface area contributed by atoms with Gasteiger partial charge in [0.25, 0.3) is 0 Å². The summed E-state index contributed by atoms with van der Waals surface area (Å²) in [5, 5.41) is 7.57. The zero-order chi connectivity index (χ0) is 11.8. The number of rotatable bonds is 8. The van der Waals surface area contributed by atoms with E-state index in [0.717, 1.165) is 44.1 Å². The van der Waals surface area contributed by atoms with Crippen LogP contribution < -0.4 is 10.1 Å². The number of nitrogens with zero attached hydrogens (tertiary/aromatic N) is 2. The van der Waals surface area contributed by atoms with Crippen molar-refractivity contribution in [2.24, 2.45) is 0 Å². The molecule has 1 rings (SSSR count). The minimum absolute atomic E-state index is 0.740. The number of aryl methyl sites for hydroxylation is 1. The molecular formula is C11H21N3O2. The smallest absolute Gasteiger partial charge is 0.159 e. The Bertz CT molecular complexity index is 278. The van der Waals surface area contributed by atoms with Gasteiger partial charge in [0.05, 0.1) is 25.6 Å². The van der Waals surface area contributed by atoms with Crippen molar-refractivity contribution in [3.8, 4) is 5.75 Å². The highest BCUT2D eigenvalue weighted by atomic mass is 16.5. The van der Waals surface area contributed by atoms with Crippen LogP contribution in [0.25, 0.3) is 0 Å². The molecule has 0 unspecified atom stereocenters. The molecule has 0 saturated heterocycles. The van der Waals surface area contributed by atoms with Gasteiger partial charge in [0.2, 0.25) is 0 Å². The lowest BCUT2D eigenvalue weighted by Crippen LogP contribution is -2.22. The maximum Gasteiger partial charge on any atom is 0.159 e. The first-order valence-corrected chi connectivity index (χ1v) is 5.61.